The van der Waals surface area contributed by atoms with Gasteiger partial charge in [0, 0.05) is 12.3 Å². The molecule has 0 aromatic heterocycles. The Hall–Kier alpha value is -1.76. The number of primary amides is 1. The van der Waals surface area contributed by atoms with Crippen LogP contribution in [0, 0.1) is 18.3 Å². The molecule has 0 bridgehead atoms. The first kappa shape index (κ1) is 22.5. The third-order valence-corrected chi connectivity index (χ3v) is 5.94. The summed E-state index contributed by atoms with van der Waals surface area (Å²) >= 11 is 0. The number of imide groups is 1. The molecule has 157 valence electrons. The molecular weight excluding hydrogens is 358 g/mol. The minimum Gasteiger partial charge on any atom is -0.369 e. The molecule has 2 atom stereocenters. The molecule has 3 N–H and O–H groups in total. The number of ketones is 1. The Morgan fingerprint density at radius 2 is 1.89 bits per heavy atom. The summed E-state index contributed by atoms with van der Waals surface area (Å²) in [6.45, 7) is 2.51. The highest BCUT2D eigenvalue weighted by Crippen LogP contribution is 2.28. The average molecular weight is 393 g/mol. The lowest BCUT2D eigenvalue weighted by atomic mass is 9.86. The van der Waals surface area contributed by atoms with Gasteiger partial charge in [-0.2, -0.15) is 0 Å². The maximum atomic E-state index is 13.0. The molecule has 1 saturated carbocycles. The lowest BCUT2D eigenvalue weighted by molar-refractivity contribution is -0.150. The minimum atomic E-state index is -0.721. The van der Waals surface area contributed by atoms with Gasteiger partial charge in [-0.15, -0.1) is 0 Å². The highest BCUT2D eigenvalue weighted by molar-refractivity contribution is 6.04. The fourth-order valence-electron chi connectivity index (χ4n) is 4.05. The Morgan fingerprint density at radius 1 is 1.18 bits per heavy atom. The summed E-state index contributed by atoms with van der Waals surface area (Å²) in [5, 5.41) is 3.04. The van der Waals surface area contributed by atoms with Crippen LogP contribution in [0.15, 0.2) is 0 Å². The van der Waals surface area contributed by atoms with E-state index in [9.17, 15) is 19.2 Å². The second-order valence-corrected chi connectivity index (χ2v) is 8.19. The zero-order chi connectivity index (χ0) is 20.5. The van der Waals surface area contributed by atoms with Crippen molar-refractivity contribution < 1.29 is 19.2 Å². The van der Waals surface area contributed by atoms with Crippen LogP contribution in [0.3, 0.4) is 0 Å². The van der Waals surface area contributed by atoms with Gasteiger partial charge in [-0.3, -0.25) is 24.1 Å². The maximum absolute atomic E-state index is 13.0. The zero-order valence-electron chi connectivity index (χ0n) is 17.0. The van der Waals surface area contributed by atoms with Crippen molar-refractivity contribution in [1.29, 1.82) is 0 Å². The monoisotopic (exact) mass is 392 g/mol. The molecule has 2 rings (SSSR count). The van der Waals surface area contributed by atoms with Crippen LogP contribution in [0.5, 0.6) is 0 Å². The lowest BCUT2D eigenvalue weighted by Gasteiger charge is -2.29. The second-order valence-electron chi connectivity index (χ2n) is 8.19. The van der Waals surface area contributed by atoms with Crippen LogP contribution in [0.2, 0.25) is 0 Å². The van der Waals surface area contributed by atoms with Crippen LogP contribution in [0.25, 0.3) is 0 Å². The van der Waals surface area contributed by atoms with Gasteiger partial charge in [-0.1, -0.05) is 39.0 Å². The van der Waals surface area contributed by atoms with Crippen molar-refractivity contribution in [3.8, 4) is 0 Å². The number of Topliss-reactive ketones (excluding diaryl/α,β-unsaturated/α-hetero) is 1. The van der Waals surface area contributed by atoms with Crippen molar-refractivity contribution in [1.82, 2.24) is 10.2 Å². The molecule has 7 heteroatoms. The number of nitrogens with two attached hydrogens (primary N) is 1. The summed E-state index contributed by atoms with van der Waals surface area (Å²) in [6, 6.07) is -0.721. The highest BCUT2D eigenvalue weighted by atomic mass is 16.2. The van der Waals surface area contributed by atoms with Crippen molar-refractivity contribution in [3.63, 3.8) is 0 Å². The molecule has 1 heterocycles. The van der Waals surface area contributed by atoms with Gasteiger partial charge >= 0.3 is 0 Å². The van der Waals surface area contributed by atoms with Crippen LogP contribution < -0.4 is 11.1 Å². The minimum absolute atomic E-state index is 0.131. The summed E-state index contributed by atoms with van der Waals surface area (Å²) in [5.74, 6) is -1.35. The number of nitrogens with zero attached hydrogens (tertiary/aromatic N) is 1. The molecular formula is C21H34N3O4. The molecule has 1 saturated heterocycles. The van der Waals surface area contributed by atoms with E-state index >= 15 is 0 Å². The van der Waals surface area contributed by atoms with Crippen LogP contribution in [-0.2, 0) is 19.2 Å². The summed E-state index contributed by atoms with van der Waals surface area (Å²) in [5.41, 5.74) is 5.26. The van der Waals surface area contributed by atoms with Crippen LogP contribution in [0.1, 0.15) is 71.1 Å². The first-order valence-electron chi connectivity index (χ1n) is 10.6. The molecule has 1 unspecified atom stereocenters. The van der Waals surface area contributed by atoms with Gasteiger partial charge in [0.1, 0.15) is 0 Å². The van der Waals surface area contributed by atoms with Gasteiger partial charge in [0.05, 0.1) is 19.0 Å². The van der Waals surface area contributed by atoms with E-state index in [-0.39, 0.29) is 31.1 Å². The number of hydrogen-bond donors (Lipinski definition) is 2. The molecule has 1 aliphatic heterocycles. The molecule has 3 amide bonds. The fraction of sp³-hybridized carbons (Fsp3) is 0.762. The zero-order valence-corrected chi connectivity index (χ0v) is 17.0. The summed E-state index contributed by atoms with van der Waals surface area (Å²) in [6.07, 6.45) is 9.68. The third kappa shape index (κ3) is 6.69. The van der Waals surface area contributed by atoms with Crippen LogP contribution >= 0.6 is 0 Å². The van der Waals surface area contributed by atoms with Gasteiger partial charge in [0.2, 0.25) is 17.7 Å². The van der Waals surface area contributed by atoms with E-state index in [1.54, 1.807) is 6.92 Å². The van der Waals surface area contributed by atoms with E-state index in [1.165, 1.54) is 25.7 Å². The normalized spacial score (nSPS) is 22.3. The number of amides is 3. The van der Waals surface area contributed by atoms with Crippen molar-refractivity contribution >= 4 is 23.5 Å². The lowest BCUT2D eigenvalue weighted by Crippen LogP contribution is -2.50. The van der Waals surface area contributed by atoms with E-state index in [0.29, 0.717) is 18.9 Å². The Balaban J connectivity index is 2.05. The van der Waals surface area contributed by atoms with Crippen molar-refractivity contribution in [2.45, 2.75) is 77.2 Å². The molecule has 2 aliphatic rings. The molecule has 0 aromatic rings. The molecule has 28 heavy (non-hydrogen) atoms. The number of carbonyl (C=O) groups excluding carboxylic acids is 4. The Kier molecular flexibility index (Phi) is 9.09. The standard InChI is InChI=1S/C21H34N3O4/c1-15(21(22)28)9-11-19(26)24(17-8-5-13-23-14-18(17)25)20(27)12-10-16-6-3-2-4-7-16/h11,15-17,23H,2-10,12-14H2,1H3,(H2,22,28)/t15?,17-/m0/s1. The Morgan fingerprint density at radius 3 is 2.57 bits per heavy atom. The topological polar surface area (TPSA) is 110 Å². The van der Waals surface area contributed by atoms with Crippen molar-refractivity contribution in [2.24, 2.45) is 17.6 Å². The first-order valence-corrected chi connectivity index (χ1v) is 10.6. The van der Waals surface area contributed by atoms with Crippen LogP contribution in [-0.4, -0.2) is 47.5 Å². The van der Waals surface area contributed by atoms with Gasteiger partial charge < -0.3 is 11.1 Å². The highest BCUT2D eigenvalue weighted by Gasteiger charge is 2.35. The molecule has 1 radical (unpaired) electrons. The predicted molar refractivity (Wildman–Crippen MR) is 106 cm³/mol. The van der Waals surface area contributed by atoms with Crippen molar-refractivity contribution in [3.05, 3.63) is 6.42 Å². The number of nitrogens with one attached hydrogen (secondary N) is 1. The van der Waals surface area contributed by atoms with E-state index in [0.717, 1.165) is 30.6 Å². The number of carbonyl (C=O) groups is 4. The number of rotatable bonds is 8. The molecule has 1 aliphatic carbocycles. The van der Waals surface area contributed by atoms with E-state index in [4.69, 9.17) is 5.73 Å². The Bertz CT molecular complexity index is 572. The maximum Gasteiger partial charge on any atom is 0.233 e. The quantitative estimate of drug-likeness (QED) is 0.654. The molecule has 7 nitrogen and oxygen atoms in total. The molecule has 0 spiro atoms. The molecule has 0 aromatic carbocycles. The van der Waals surface area contributed by atoms with Gasteiger partial charge in [-0.05, 0) is 38.1 Å². The van der Waals surface area contributed by atoms with Gasteiger partial charge in [-0.25, -0.2) is 0 Å². The van der Waals surface area contributed by atoms with Gasteiger partial charge in [0.15, 0.2) is 5.78 Å². The fourth-order valence-corrected chi connectivity index (χ4v) is 4.05. The van der Waals surface area contributed by atoms with Crippen LogP contribution in [0.4, 0.5) is 0 Å². The predicted octanol–water partition coefficient (Wildman–Crippen LogP) is 1.74. The van der Waals surface area contributed by atoms with Crippen molar-refractivity contribution in [2.75, 3.05) is 13.1 Å². The number of hydrogen-bond acceptors (Lipinski definition) is 5. The largest absolute Gasteiger partial charge is 0.369 e. The third-order valence-electron chi connectivity index (χ3n) is 5.94. The Labute approximate surface area is 167 Å². The van der Waals surface area contributed by atoms with Gasteiger partial charge in [0.25, 0.3) is 0 Å². The summed E-state index contributed by atoms with van der Waals surface area (Å²) in [4.78, 5) is 50.7. The second kappa shape index (κ2) is 11.3. The summed E-state index contributed by atoms with van der Waals surface area (Å²) in [7, 11) is 0. The average Bonchev–Trinajstić information content (AvgIpc) is 2.90. The first-order chi connectivity index (χ1) is 13.4. The summed E-state index contributed by atoms with van der Waals surface area (Å²) < 4.78 is 0. The SMILES string of the molecule is CC(C[CH]C(=O)N(C(=O)CCC1CCCCC1)[C@H]1CCCNCC1=O)C(N)=O. The van der Waals surface area contributed by atoms with E-state index < -0.39 is 23.8 Å². The molecule has 2 fully saturated rings. The van der Waals surface area contributed by atoms with E-state index in [1.807, 2.05) is 0 Å². The smallest absolute Gasteiger partial charge is 0.233 e. The van der Waals surface area contributed by atoms with E-state index in [2.05, 4.69) is 5.32 Å².